The number of ether oxygens (including phenoxy) is 1. The summed E-state index contributed by atoms with van der Waals surface area (Å²) in [5.74, 6) is 0.187. The number of thioether (sulfide) groups is 1. The third-order valence-electron chi connectivity index (χ3n) is 4.62. The smallest absolute Gasteiger partial charge is 0.316 e. The van der Waals surface area contributed by atoms with Gasteiger partial charge in [0.2, 0.25) is 0 Å². The lowest BCUT2D eigenvalue weighted by Gasteiger charge is -2.14. The molecule has 2 aromatic carbocycles. The number of hydrogen-bond donors (Lipinski definition) is 0. The van der Waals surface area contributed by atoms with Crippen molar-refractivity contribution in [1.82, 2.24) is 9.55 Å². The second-order valence-corrected chi connectivity index (χ2v) is 7.26. The number of fused-ring (bicyclic) bond motifs is 1. The van der Waals surface area contributed by atoms with Gasteiger partial charge in [0.15, 0.2) is 5.16 Å². The van der Waals surface area contributed by atoms with E-state index in [0.717, 1.165) is 12.1 Å². The van der Waals surface area contributed by atoms with E-state index in [9.17, 15) is 9.59 Å². The number of methoxy groups -OCH3 is 1. The van der Waals surface area contributed by atoms with Crippen LogP contribution in [-0.4, -0.2) is 28.4 Å². The van der Waals surface area contributed by atoms with Crippen LogP contribution in [0.2, 0.25) is 0 Å². The van der Waals surface area contributed by atoms with Gasteiger partial charge in [-0.25, -0.2) is 4.98 Å². The van der Waals surface area contributed by atoms with Crippen LogP contribution in [0.25, 0.3) is 16.6 Å². The molecule has 0 N–H and O–H groups in total. The fraction of sp³-hybridized carbons (Fsp3) is 0.286. The molecule has 0 spiro atoms. The lowest BCUT2D eigenvalue weighted by atomic mass is 9.98. The Morgan fingerprint density at radius 3 is 2.56 bits per heavy atom. The number of esters is 1. The Labute approximate surface area is 162 Å². The summed E-state index contributed by atoms with van der Waals surface area (Å²) in [6, 6.07) is 15.2. The molecular weight excluding hydrogens is 360 g/mol. The molecule has 3 aromatic rings. The number of rotatable bonds is 6. The summed E-state index contributed by atoms with van der Waals surface area (Å²) in [6.45, 7) is 4.33. The lowest BCUT2D eigenvalue weighted by Crippen LogP contribution is -2.22. The number of para-hydroxylation sites is 1. The molecule has 0 amide bonds. The maximum absolute atomic E-state index is 13.1. The van der Waals surface area contributed by atoms with Gasteiger partial charge in [-0.2, -0.15) is 0 Å². The minimum absolute atomic E-state index is 0.0895. The van der Waals surface area contributed by atoms with Gasteiger partial charge in [0.05, 0.1) is 29.5 Å². The molecule has 0 saturated heterocycles. The average molecular weight is 382 g/mol. The number of aromatic nitrogens is 2. The monoisotopic (exact) mass is 382 g/mol. The molecule has 0 bridgehead atoms. The van der Waals surface area contributed by atoms with Gasteiger partial charge in [-0.1, -0.05) is 49.9 Å². The van der Waals surface area contributed by atoms with Crippen LogP contribution in [0.4, 0.5) is 0 Å². The van der Waals surface area contributed by atoms with Crippen molar-refractivity contribution in [1.29, 1.82) is 0 Å². The van der Waals surface area contributed by atoms with Crippen molar-refractivity contribution < 1.29 is 9.53 Å². The molecule has 0 radical (unpaired) electrons. The third kappa shape index (κ3) is 4.06. The number of carbonyl (C=O) groups is 1. The van der Waals surface area contributed by atoms with Crippen LogP contribution in [0.15, 0.2) is 58.5 Å². The minimum Gasteiger partial charge on any atom is -0.468 e. The van der Waals surface area contributed by atoms with Crippen LogP contribution in [0.5, 0.6) is 0 Å². The van der Waals surface area contributed by atoms with E-state index in [2.05, 4.69) is 18.8 Å². The summed E-state index contributed by atoms with van der Waals surface area (Å²) in [4.78, 5) is 29.3. The second kappa shape index (κ2) is 8.39. The van der Waals surface area contributed by atoms with Crippen molar-refractivity contribution in [2.24, 2.45) is 0 Å². The van der Waals surface area contributed by atoms with Gasteiger partial charge >= 0.3 is 5.97 Å². The van der Waals surface area contributed by atoms with E-state index in [1.165, 1.54) is 24.4 Å². The predicted molar refractivity (Wildman–Crippen MR) is 109 cm³/mol. The fourth-order valence-electron chi connectivity index (χ4n) is 2.81. The zero-order chi connectivity index (χ0) is 19.4. The molecule has 0 fully saturated rings. The van der Waals surface area contributed by atoms with Gasteiger partial charge < -0.3 is 4.74 Å². The van der Waals surface area contributed by atoms with Crippen LogP contribution in [0.1, 0.15) is 31.7 Å². The van der Waals surface area contributed by atoms with E-state index in [1.807, 2.05) is 36.4 Å². The van der Waals surface area contributed by atoms with E-state index in [4.69, 9.17) is 4.74 Å². The molecular formula is C21H22N2O3S. The Bertz CT molecular complexity index is 1010. The highest BCUT2D eigenvalue weighted by atomic mass is 32.2. The SMILES string of the molecule is CC[C@H](C)c1ccc(-n2c(SCC(=O)OC)nc3ccccc3c2=O)cc1. The van der Waals surface area contributed by atoms with Gasteiger partial charge in [-0.05, 0) is 42.2 Å². The summed E-state index contributed by atoms with van der Waals surface area (Å²) in [5, 5.41) is 1.02. The van der Waals surface area contributed by atoms with E-state index in [1.54, 1.807) is 16.7 Å². The molecule has 0 unspecified atom stereocenters. The Morgan fingerprint density at radius 1 is 1.19 bits per heavy atom. The fourth-order valence-corrected chi connectivity index (χ4v) is 3.65. The van der Waals surface area contributed by atoms with Crippen molar-refractivity contribution in [2.75, 3.05) is 12.9 Å². The highest BCUT2D eigenvalue weighted by Gasteiger charge is 2.15. The van der Waals surface area contributed by atoms with E-state index >= 15 is 0 Å². The molecule has 0 aliphatic rings. The van der Waals surface area contributed by atoms with Crippen LogP contribution < -0.4 is 5.56 Å². The maximum atomic E-state index is 13.1. The largest absolute Gasteiger partial charge is 0.468 e. The van der Waals surface area contributed by atoms with Crippen LogP contribution in [-0.2, 0) is 9.53 Å². The van der Waals surface area contributed by atoms with E-state index in [0.29, 0.717) is 22.0 Å². The van der Waals surface area contributed by atoms with Crippen molar-refractivity contribution in [3.8, 4) is 5.69 Å². The standard InChI is InChI=1S/C21H22N2O3S/c1-4-14(2)15-9-11-16(12-10-15)23-20(25)17-7-5-6-8-18(17)22-21(23)27-13-19(24)26-3/h5-12,14H,4,13H2,1-3H3/t14-/m0/s1. The van der Waals surface area contributed by atoms with E-state index < -0.39 is 0 Å². The zero-order valence-corrected chi connectivity index (χ0v) is 16.5. The minimum atomic E-state index is -0.360. The third-order valence-corrected chi connectivity index (χ3v) is 5.54. The highest BCUT2D eigenvalue weighted by Crippen LogP contribution is 2.24. The maximum Gasteiger partial charge on any atom is 0.316 e. The number of carbonyl (C=O) groups excluding carboxylic acids is 1. The normalized spacial score (nSPS) is 12.1. The molecule has 0 aliphatic heterocycles. The quantitative estimate of drug-likeness (QED) is 0.364. The summed E-state index contributed by atoms with van der Waals surface area (Å²) in [6.07, 6.45) is 1.05. The summed E-state index contributed by atoms with van der Waals surface area (Å²) in [7, 11) is 1.34. The van der Waals surface area contributed by atoms with Crippen LogP contribution >= 0.6 is 11.8 Å². The Balaban J connectivity index is 2.12. The number of hydrogen-bond acceptors (Lipinski definition) is 5. The summed E-state index contributed by atoms with van der Waals surface area (Å²) < 4.78 is 6.28. The number of benzene rings is 2. The second-order valence-electron chi connectivity index (χ2n) is 6.32. The van der Waals surface area contributed by atoms with Gasteiger partial charge in [0.1, 0.15) is 0 Å². The molecule has 140 valence electrons. The molecule has 1 aromatic heterocycles. The Morgan fingerprint density at radius 2 is 1.89 bits per heavy atom. The summed E-state index contributed by atoms with van der Waals surface area (Å²) >= 11 is 1.20. The first-order chi connectivity index (χ1) is 13.0. The first-order valence-corrected chi connectivity index (χ1v) is 9.85. The molecule has 0 saturated carbocycles. The molecule has 1 atom stereocenters. The van der Waals surface area contributed by atoms with Crippen molar-refractivity contribution in [3.05, 3.63) is 64.4 Å². The molecule has 27 heavy (non-hydrogen) atoms. The van der Waals surface area contributed by atoms with Crippen molar-refractivity contribution in [2.45, 2.75) is 31.3 Å². The molecule has 0 aliphatic carbocycles. The Kier molecular flexibility index (Phi) is 5.96. The lowest BCUT2D eigenvalue weighted by molar-refractivity contribution is -0.137. The Hall–Kier alpha value is -2.60. The zero-order valence-electron chi connectivity index (χ0n) is 15.6. The van der Waals surface area contributed by atoms with E-state index in [-0.39, 0.29) is 17.3 Å². The summed E-state index contributed by atoms with van der Waals surface area (Å²) in [5.41, 5.74) is 2.43. The highest BCUT2D eigenvalue weighted by molar-refractivity contribution is 7.99. The van der Waals surface area contributed by atoms with Gasteiger partial charge in [0, 0.05) is 0 Å². The topological polar surface area (TPSA) is 61.2 Å². The first-order valence-electron chi connectivity index (χ1n) is 8.87. The molecule has 6 heteroatoms. The molecule has 1 heterocycles. The van der Waals surface area contributed by atoms with Crippen molar-refractivity contribution in [3.63, 3.8) is 0 Å². The molecule has 3 rings (SSSR count). The average Bonchev–Trinajstić information content (AvgIpc) is 2.71. The van der Waals surface area contributed by atoms with Crippen molar-refractivity contribution >= 4 is 28.6 Å². The first kappa shape index (κ1) is 19.2. The number of nitrogens with zero attached hydrogens (tertiary/aromatic N) is 2. The van der Waals surface area contributed by atoms with Crippen LogP contribution in [0.3, 0.4) is 0 Å². The van der Waals surface area contributed by atoms with Gasteiger partial charge in [-0.15, -0.1) is 0 Å². The van der Waals surface area contributed by atoms with Gasteiger partial charge in [-0.3, -0.25) is 14.2 Å². The predicted octanol–water partition coefficient (Wildman–Crippen LogP) is 4.16. The van der Waals surface area contributed by atoms with Gasteiger partial charge in [0.25, 0.3) is 5.56 Å². The van der Waals surface area contributed by atoms with Crippen LogP contribution in [0, 0.1) is 0 Å². The molecule has 5 nitrogen and oxygen atoms in total.